The van der Waals surface area contributed by atoms with E-state index in [-0.39, 0.29) is 30.1 Å². The van der Waals surface area contributed by atoms with Crippen molar-refractivity contribution in [1.82, 2.24) is 20.1 Å². The molecule has 0 saturated heterocycles. The lowest BCUT2D eigenvalue weighted by Gasteiger charge is -2.25. The molecule has 0 spiro atoms. The molecule has 0 aliphatic carbocycles. The zero-order valence-electron chi connectivity index (χ0n) is 16.8. The molecule has 1 heterocycles. The van der Waals surface area contributed by atoms with Gasteiger partial charge in [-0.1, -0.05) is 0 Å². The molecule has 1 amide bonds. The minimum absolute atomic E-state index is 0. The maximum atomic E-state index is 12.0. The number of aryl methyl sites for hydroxylation is 1. The average molecular weight is 497 g/mol. The summed E-state index contributed by atoms with van der Waals surface area (Å²) in [7, 11) is 3.70. The lowest BCUT2D eigenvalue weighted by Crippen LogP contribution is -2.39. The number of likely N-dealkylation sites (N-methyl/N-ethyl adjacent to an activating group) is 1. The first-order valence-electron chi connectivity index (χ1n) is 8.47. The van der Waals surface area contributed by atoms with E-state index in [1.165, 1.54) is 0 Å². The Balaban J connectivity index is 0.00000625. The molecule has 1 N–H and O–H groups in total. The lowest BCUT2D eigenvalue weighted by atomic mass is 10.2. The first-order valence-corrected chi connectivity index (χ1v) is 9.35. The van der Waals surface area contributed by atoms with Gasteiger partial charge < -0.3 is 19.9 Å². The molecule has 1 aromatic rings. The topological polar surface area (TPSA) is 70.1 Å². The first-order chi connectivity index (χ1) is 11.6. The molecule has 0 saturated carbocycles. The fraction of sp³-hybridized carbons (Fsp3) is 0.706. The van der Waals surface area contributed by atoms with Gasteiger partial charge in [0.1, 0.15) is 5.60 Å². The van der Waals surface area contributed by atoms with Gasteiger partial charge in [-0.05, 0) is 34.6 Å². The molecule has 9 heteroatoms. The first kappa shape index (κ1) is 24.9. The molecule has 1 aromatic heterocycles. The van der Waals surface area contributed by atoms with E-state index in [9.17, 15) is 4.79 Å². The lowest BCUT2D eigenvalue weighted by molar-refractivity contribution is 0.0304. The van der Waals surface area contributed by atoms with Crippen LogP contribution in [0.2, 0.25) is 0 Å². The van der Waals surface area contributed by atoms with Crippen LogP contribution in [0, 0.1) is 6.92 Å². The van der Waals surface area contributed by atoms with Gasteiger partial charge in [-0.25, -0.2) is 9.78 Å². The Bertz CT molecular complexity index is 586. The Hall–Kier alpha value is -1.10. The normalized spacial score (nSPS) is 11.6. The Morgan fingerprint density at radius 1 is 1.35 bits per heavy atom. The van der Waals surface area contributed by atoms with Gasteiger partial charge in [0.25, 0.3) is 0 Å². The van der Waals surface area contributed by atoms with E-state index in [1.807, 2.05) is 46.6 Å². The van der Waals surface area contributed by atoms with Crippen LogP contribution in [-0.4, -0.2) is 66.2 Å². The summed E-state index contributed by atoms with van der Waals surface area (Å²) in [6, 6.07) is 0. The summed E-state index contributed by atoms with van der Waals surface area (Å²) in [6.07, 6.45) is -0.334. The smallest absolute Gasteiger partial charge is 0.410 e. The van der Waals surface area contributed by atoms with Crippen LogP contribution < -0.4 is 5.32 Å². The summed E-state index contributed by atoms with van der Waals surface area (Å²) in [4.78, 5) is 24.6. The van der Waals surface area contributed by atoms with Crippen molar-refractivity contribution in [2.24, 2.45) is 4.99 Å². The highest BCUT2D eigenvalue weighted by atomic mass is 127. The number of thiazole rings is 1. The van der Waals surface area contributed by atoms with E-state index in [1.54, 1.807) is 23.3 Å². The number of rotatable bonds is 6. The van der Waals surface area contributed by atoms with Gasteiger partial charge in [-0.2, -0.15) is 0 Å². The number of hydrogen-bond donors (Lipinski definition) is 1. The van der Waals surface area contributed by atoms with Crippen molar-refractivity contribution in [3.63, 3.8) is 0 Å². The van der Waals surface area contributed by atoms with E-state index in [0.29, 0.717) is 19.6 Å². The summed E-state index contributed by atoms with van der Waals surface area (Å²) >= 11 is 1.64. The second kappa shape index (κ2) is 11.6. The minimum Gasteiger partial charge on any atom is -0.444 e. The molecule has 26 heavy (non-hydrogen) atoms. The van der Waals surface area contributed by atoms with E-state index >= 15 is 0 Å². The number of hydrogen-bond acceptors (Lipinski definition) is 5. The molecular weight excluding hydrogens is 465 g/mol. The zero-order valence-corrected chi connectivity index (χ0v) is 20.0. The molecule has 0 atom stereocenters. The second-order valence-corrected chi connectivity index (χ2v) is 7.91. The third kappa shape index (κ3) is 9.56. The van der Waals surface area contributed by atoms with Crippen molar-refractivity contribution >= 4 is 47.4 Å². The van der Waals surface area contributed by atoms with Crippen LogP contribution >= 0.6 is 35.3 Å². The fourth-order valence-corrected chi connectivity index (χ4v) is 2.61. The maximum Gasteiger partial charge on any atom is 0.410 e. The van der Waals surface area contributed by atoms with Crippen LogP contribution in [0.15, 0.2) is 10.4 Å². The Morgan fingerprint density at radius 3 is 2.50 bits per heavy atom. The number of halogens is 1. The van der Waals surface area contributed by atoms with Gasteiger partial charge in [0, 0.05) is 32.6 Å². The van der Waals surface area contributed by atoms with Crippen LogP contribution in [0.1, 0.15) is 38.4 Å². The van der Waals surface area contributed by atoms with Crippen LogP contribution in [0.25, 0.3) is 0 Å². The molecule has 0 bridgehead atoms. The Labute approximate surface area is 178 Å². The third-order valence-electron chi connectivity index (χ3n) is 3.16. The molecule has 0 aliphatic heterocycles. The number of nitrogens with zero attached hydrogens (tertiary/aromatic N) is 4. The molecular formula is C17H32IN5O2S. The van der Waals surface area contributed by atoms with Crippen molar-refractivity contribution in [2.45, 2.75) is 46.8 Å². The van der Waals surface area contributed by atoms with E-state index in [0.717, 1.165) is 23.2 Å². The highest BCUT2D eigenvalue weighted by Crippen LogP contribution is 2.10. The predicted molar refractivity (Wildman–Crippen MR) is 119 cm³/mol. The molecule has 0 fully saturated rings. The zero-order chi connectivity index (χ0) is 19.0. The van der Waals surface area contributed by atoms with Crippen molar-refractivity contribution in [1.29, 1.82) is 0 Å². The summed E-state index contributed by atoms with van der Waals surface area (Å²) in [6.45, 7) is 12.1. The van der Waals surface area contributed by atoms with Crippen molar-refractivity contribution in [3.8, 4) is 0 Å². The second-order valence-electron chi connectivity index (χ2n) is 6.85. The molecule has 0 aromatic carbocycles. The number of amides is 1. The van der Waals surface area contributed by atoms with Gasteiger partial charge >= 0.3 is 6.09 Å². The largest absolute Gasteiger partial charge is 0.444 e. The van der Waals surface area contributed by atoms with Crippen LogP contribution in [0.4, 0.5) is 4.79 Å². The van der Waals surface area contributed by atoms with Gasteiger partial charge in [-0.15, -0.1) is 35.3 Å². The molecule has 0 aliphatic rings. The molecule has 7 nitrogen and oxygen atoms in total. The summed E-state index contributed by atoms with van der Waals surface area (Å²) < 4.78 is 5.34. The van der Waals surface area contributed by atoms with Gasteiger partial charge in [-0.3, -0.25) is 4.99 Å². The van der Waals surface area contributed by atoms with Gasteiger partial charge in [0.15, 0.2) is 5.96 Å². The van der Waals surface area contributed by atoms with Crippen LogP contribution in [-0.2, 0) is 11.3 Å². The van der Waals surface area contributed by atoms with E-state index < -0.39 is 5.60 Å². The Kier molecular flexibility index (Phi) is 11.1. The number of carbonyl (C=O) groups is 1. The highest BCUT2D eigenvalue weighted by Gasteiger charge is 2.19. The number of ether oxygens (including phenoxy) is 1. The summed E-state index contributed by atoms with van der Waals surface area (Å²) in [5.41, 5.74) is 0.538. The fourth-order valence-electron chi connectivity index (χ4n) is 2.01. The molecule has 0 unspecified atom stereocenters. The van der Waals surface area contributed by atoms with Crippen LogP contribution in [0.3, 0.4) is 0 Å². The number of carbonyl (C=O) groups excluding carboxylic acids is 1. The van der Waals surface area contributed by atoms with Gasteiger partial charge in [0.2, 0.25) is 0 Å². The number of nitrogens with one attached hydrogen (secondary N) is 1. The number of aromatic nitrogens is 1. The Morgan fingerprint density at radius 2 is 2.00 bits per heavy atom. The van der Waals surface area contributed by atoms with Crippen molar-refractivity contribution in [2.75, 3.05) is 33.7 Å². The van der Waals surface area contributed by atoms with E-state index in [4.69, 9.17) is 4.74 Å². The maximum absolute atomic E-state index is 12.0. The summed E-state index contributed by atoms with van der Waals surface area (Å²) in [5.74, 6) is 0.797. The summed E-state index contributed by atoms with van der Waals surface area (Å²) in [5, 5.41) is 6.39. The standard InChI is InChI=1S/C17H31N5O2S.HI/c1-8-18-15(22(7)11-14-12-25-13(2)20-14)19-9-10-21(6)16(23)24-17(3,4)5;/h12H,8-11H2,1-7H3,(H,18,19);1H. The van der Waals surface area contributed by atoms with Gasteiger partial charge in [0.05, 0.1) is 23.8 Å². The van der Waals surface area contributed by atoms with Crippen LogP contribution in [0.5, 0.6) is 0 Å². The monoisotopic (exact) mass is 497 g/mol. The van der Waals surface area contributed by atoms with Crippen molar-refractivity contribution in [3.05, 3.63) is 16.1 Å². The molecule has 0 radical (unpaired) electrons. The number of guanidine groups is 1. The van der Waals surface area contributed by atoms with E-state index in [2.05, 4.69) is 20.7 Å². The average Bonchev–Trinajstić information content (AvgIpc) is 2.89. The van der Waals surface area contributed by atoms with Crippen molar-refractivity contribution < 1.29 is 9.53 Å². The SMILES string of the molecule is CCNC(=NCCN(C)C(=O)OC(C)(C)C)N(C)Cc1csc(C)n1.I. The highest BCUT2D eigenvalue weighted by molar-refractivity contribution is 14.0. The number of aliphatic imine (C=N–C) groups is 1. The minimum atomic E-state index is -0.491. The molecule has 1 rings (SSSR count). The molecule has 150 valence electrons. The quantitative estimate of drug-likeness (QED) is 0.371. The predicted octanol–water partition coefficient (Wildman–Crippen LogP) is 3.33. The third-order valence-corrected chi connectivity index (χ3v) is 3.99.